The van der Waals surface area contributed by atoms with Gasteiger partial charge in [0.05, 0.1) is 5.56 Å². The van der Waals surface area contributed by atoms with Crippen molar-refractivity contribution in [3.63, 3.8) is 0 Å². The maximum Gasteiger partial charge on any atom is 0.416 e. The first-order valence-electron chi connectivity index (χ1n) is 4.48. The molecule has 1 aromatic rings. The Labute approximate surface area is 93.4 Å². The summed E-state index contributed by atoms with van der Waals surface area (Å²) in [6.07, 6.45) is -7.86. The van der Waals surface area contributed by atoms with Crippen molar-refractivity contribution < 1.29 is 26.7 Å². The maximum atomic E-state index is 12.5. The normalized spacial score (nSPS) is 11.7. The topological polar surface area (TPSA) is 29.1 Å². The van der Waals surface area contributed by atoms with Crippen molar-refractivity contribution in [2.45, 2.75) is 19.5 Å². The molecule has 0 aliphatic heterocycles. The molecule has 0 saturated carbocycles. The van der Waals surface area contributed by atoms with Crippen LogP contribution >= 0.6 is 0 Å². The van der Waals surface area contributed by atoms with E-state index in [-0.39, 0.29) is 11.3 Å². The van der Waals surface area contributed by atoms with Crippen LogP contribution in [0.2, 0.25) is 0 Å². The van der Waals surface area contributed by atoms with Crippen LogP contribution in [0.5, 0.6) is 0 Å². The highest BCUT2D eigenvalue weighted by molar-refractivity contribution is 5.93. The summed E-state index contributed by atoms with van der Waals surface area (Å²) in [4.78, 5) is 10.6. The fourth-order valence-electron chi connectivity index (χ4n) is 1.20. The van der Waals surface area contributed by atoms with Gasteiger partial charge in [0.15, 0.2) is 0 Å². The lowest BCUT2D eigenvalue weighted by atomic mass is 10.1. The zero-order valence-corrected chi connectivity index (χ0v) is 8.61. The average molecular weight is 253 g/mol. The number of benzene rings is 1. The Morgan fingerprint density at radius 1 is 1.29 bits per heavy atom. The van der Waals surface area contributed by atoms with Crippen LogP contribution in [-0.2, 0) is 11.0 Å². The molecule has 1 amide bonds. The minimum Gasteiger partial charge on any atom is -0.321 e. The number of hydrogen-bond acceptors (Lipinski definition) is 1. The molecule has 2 nitrogen and oxygen atoms in total. The third-order valence-electron chi connectivity index (χ3n) is 2.01. The predicted molar refractivity (Wildman–Crippen MR) is 50.8 cm³/mol. The summed E-state index contributed by atoms with van der Waals surface area (Å²) in [5.74, 6) is -1.64. The molecule has 0 spiro atoms. The van der Waals surface area contributed by atoms with Crippen LogP contribution in [0.25, 0.3) is 0 Å². The smallest absolute Gasteiger partial charge is 0.321 e. The molecule has 1 N–H and O–H groups in total. The van der Waals surface area contributed by atoms with E-state index in [2.05, 4.69) is 0 Å². The highest BCUT2D eigenvalue weighted by atomic mass is 19.4. The predicted octanol–water partition coefficient (Wildman–Crippen LogP) is 3.22. The number of anilines is 1. The van der Waals surface area contributed by atoms with E-state index in [0.717, 1.165) is 12.1 Å². The van der Waals surface area contributed by atoms with Crippen molar-refractivity contribution in [3.05, 3.63) is 29.3 Å². The van der Waals surface area contributed by atoms with Gasteiger partial charge in [0, 0.05) is 5.69 Å². The number of halogens is 5. The minimum atomic E-state index is -4.59. The number of amides is 1. The highest BCUT2D eigenvalue weighted by Crippen LogP contribution is 2.33. The Morgan fingerprint density at radius 2 is 1.88 bits per heavy atom. The molecule has 0 fully saturated rings. The molecule has 94 valence electrons. The molecule has 0 bridgehead atoms. The molecule has 0 radical (unpaired) electrons. The molecule has 17 heavy (non-hydrogen) atoms. The Kier molecular flexibility index (Phi) is 3.69. The Bertz CT molecular complexity index is 427. The molecule has 1 aromatic carbocycles. The number of alkyl halides is 5. The van der Waals surface area contributed by atoms with Gasteiger partial charge in [-0.25, -0.2) is 0 Å². The van der Waals surface area contributed by atoms with E-state index < -0.39 is 24.1 Å². The van der Waals surface area contributed by atoms with Gasteiger partial charge in [-0.3, -0.25) is 4.79 Å². The summed E-state index contributed by atoms with van der Waals surface area (Å²) >= 11 is 0. The number of nitrogens with one attached hydrogen (secondary N) is 1. The van der Waals surface area contributed by atoms with Gasteiger partial charge in [0.1, 0.15) is 0 Å². The second kappa shape index (κ2) is 4.68. The van der Waals surface area contributed by atoms with Crippen molar-refractivity contribution >= 4 is 11.6 Å². The van der Waals surface area contributed by atoms with E-state index in [9.17, 15) is 26.7 Å². The number of aryl methyl sites for hydroxylation is 1. The zero-order valence-electron chi connectivity index (χ0n) is 8.61. The molecule has 0 aliphatic carbocycles. The molecule has 7 heteroatoms. The Hall–Kier alpha value is -1.66. The maximum absolute atomic E-state index is 12.5. The van der Waals surface area contributed by atoms with Crippen LogP contribution in [0.4, 0.5) is 27.6 Å². The van der Waals surface area contributed by atoms with Gasteiger partial charge in [-0.2, -0.15) is 22.0 Å². The van der Waals surface area contributed by atoms with Crippen molar-refractivity contribution in [1.82, 2.24) is 0 Å². The lowest BCUT2D eigenvalue weighted by Crippen LogP contribution is -2.20. The fraction of sp³-hybridized carbons (Fsp3) is 0.300. The van der Waals surface area contributed by atoms with Crippen molar-refractivity contribution in [1.29, 1.82) is 0 Å². The lowest BCUT2D eigenvalue weighted by molar-refractivity contribution is -0.138. The largest absolute Gasteiger partial charge is 0.416 e. The summed E-state index contributed by atoms with van der Waals surface area (Å²) < 4.78 is 61.2. The van der Waals surface area contributed by atoms with Crippen molar-refractivity contribution in [2.24, 2.45) is 0 Å². The first-order valence-corrected chi connectivity index (χ1v) is 4.48. The standard InChI is InChI=1S/C10H8F5NO/c1-5-2-3-6(16-9(17)8(11)12)4-7(5)10(13,14)15/h2-4,8H,1H3,(H,16,17). The molecule has 0 saturated heterocycles. The molecule has 0 aliphatic rings. The summed E-state index contributed by atoms with van der Waals surface area (Å²) in [6.45, 7) is 1.24. The Balaban J connectivity index is 3.01. The second-order valence-electron chi connectivity index (χ2n) is 3.32. The monoisotopic (exact) mass is 253 g/mol. The van der Waals surface area contributed by atoms with Gasteiger partial charge in [-0.1, -0.05) is 6.07 Å². The SMILES string of the molecule is Cc1ccc(NC(=O)C(F)F)cc1C(F)(F)F. The first-order chi connectivity index (χ1) is 7.71. The molecular weight excluding hydrogens is 245 g/mol. The van der Waals surface area contributed by atoms with Gasteiger partial charge in [0.2, 0.25) is 0 Å². The summed E-state index contributed by atoms with van der Waals surface area (Å²) in [5, 5.41) is 1.69. The van der Waals surface area contributed by atoms with Crippen molar-refractivity contribution in [3.8, 4) is 0 Å². The number of carbonyl (C=O) groups excluding carboxylic acids is 1. The van der Waals surface area contributed by atoms with Gasteiger partial charge in [0.25, 0.3) is 5.91 Å². The Morgan fingerprint density at radius 3 is 2.35 bits per heavy atom. The molecular formula is C10H8F5NO. The highest BCUT2D eigenvalue weighted by Gasteiger charge is 2.32. The quantitative estimate of drug-likeness (QED) is 0.805. The molecule has 0 atom stereocenters. The minimum absolute atomic E-state index is 0.0486. The van der Waals surface area contributed by atoms with Crippen molar-refractivity contribution in [2.75, 3.05) is 5.32 Å². The van der Waals surface area contributed by atoms with Gasteiger partial charge >= 0.3 is 12.6 Å². The van der Waals surface area contributed by atoms with Crippen LogP contribution in [0, 0.1) is 6.92 Å². The van der Waals surface area contributed by atoms with Gasteiger partial charge < -0.3 is 5.32 Å². The van der Waals surface area contributed by atoms with E-state index in [1.54, 1.807) is 5.32 Å². The van der Waals surface area contributed by atoms with E-state index in [0.29, 0.717) is 6.07 Å². The second-order valence-corrected chi connectivity index (χ2v) is 3.32. The van der Waals surface area contributed by atoms with E-state index in [1.807, 2.05) is 0 Å². The molecule has 0 aromatic heterocycles. The zero-order chi connectivity index (χ0) is 13.2. The van der Waals surface area contributed by atoms with E-state index in [1.165, 1.54) is 6.92 Å². The average Bonchev–Trinajstić information content (AvgIpc) is 2.19. The van der Waals surface area contributed by atoms with Crippen LogP contribution in [0.3, 0.4) is 0 Å². The lowest BCUT2D eigenvalue weighted by Gasteiger charge is -2.12. The van der Waals surface area contributed by atoms with Crippen LogP contribution in [0.15, 0.2) is 18.2 Å². The van der Waals surface area contributed by atoms with E-state index >= 15 is 0 Å². The molecule has 0 unspecified atom stereocenters. The van der Waals surface area contributed by atoms with Crippen LogP contribution in [-0.4, -0.2) is 12.3 Å². The van der Waals surface area contributed by atoms with Crippen LogP contribution in [0.1, 0.15) is 11.1 Å². The van der Waals surface area contributed by atoms with Crippen LogP contribution < -0.4 is 5.32 Å². The number of hydrogen-bond donors (Lipinski definition) is 1. The van der Waals surface area contributed by atoms with E-state index in [4.69, 9.17) is 0 Å². The fourth-order valence-corrected chi connectivity index (χ4v) is 1.20. The molecule has 0 heterocycles. The first kappa shape index (κ1) is 13.4. The molecule has 1 rings (SSSR count). The summed E-state index contributed by atoms with van der Waals surface area (Å²) in [5.41, 5.74) is -1.33. The third kappa shape index (κ3) is 3.40. The summed E-state index contributed by atoms with van der Waals surface area (Å²) in [7, 11) is 0. The number of rotatable bonds is 2. The van der Waals surface area contributed by atoms with Gasteiger partial charge in [-0.05, 0) is 24.6 Å². The summed E-state index contributed by atoms with van der Waals surface area (Å²) in [6, 6.07) is 2.85. The van der Waals surface area contributed by atoms with Gasteiger partial charge in [-0.15, -0.1) is 0 Å². The third-order valence-corrected chi connectivity index (χ3v) is 2.01. The number of carbonyl (C=O) groups is 1.